The molecule has 0 radical (unpaired) electrons. The maximum Gasteiger partial charge on any atom is 0.292 e. The molecule has 1 aliphatic carbocycles. The highest BCUT2D eigenvalue weighted by Crippen LogP contribution is 2.46. The number of hydrogen-bond acceptors (Lipinski definition) is 4. The number of nitrogens with two attached hydrogens (primary N) is 1. The Kier molecular flexibility index (Phi) is 2.11. The summed E-state index contributed by atoms with van der Waals surface area (Å²) in [5, 5.41) is 21.0. The normalized spacial score (nSPS) is 16.2. The predicted molar refractivity (Wildman–Crippen MR) is 67.0 cm³/mol. The fourth-order valence-electron chi connectivity index (χ4n) is 2.39. The van der Waals surface area contributed by atoms with E-state index in [4.69, 9.17) is 5.73 Å². The molecule has 0 aliphatic heterocycles. The molecule has 3 rings (SSSR count). The molecule has 0 spiro atoms. The summed E-state index contributed by atoms with van der Waals surface area (Å²) in [6, 6.07) is 10.2. The maximum absolute atomic E-state index is 10.9. The maximum atomic E-state index is 10.9. The van der Waals surface area contributed by atoms with Gasteiger partial charge < -0.3 is 10.8 Å². The second kappa shape index (κ2) is 3.54. The lowest BCUT2D eigenvalue weighted by molar-refractivity contribution is -0.383. The molecular formula is C13H10N2O3. The van der Waals surface area contributed by atoms with Gasteiger partial charge in [0.05, 0.1) is 4.92 Å². The lowest BCUT2D eigenvalue weighted by Crippen LogP contribution is -1.99. The third kappa shape index (κ3) is 1.31. The van der Waals surface area contributed by atoms with Crippen LogP contribution in [0.2, 0.25) is 0 Å². The second-order valence-electron chi connectivity index (χ2n) is 4.25. The standard InChI is InChI=1S/C13H10N2O3/c14-11-5-10-9(6-12(11)15(17)18)7-3-1-2-4-8(7)13(10)16/h1-6,13,16H,14H2. The van der Waals surface area contributed by atoms with Crippen LogP contribution in [0, 0.1) is 10.1 Å². The Balaban J connectivity index is 2.31. The summed E-state index contributed by atoms with van der Waals surface area (Å²) in [5.74, 6) is 0. The van der Waals surface area contributed by atoms with Gasteiger partial charge in [-0.15, -0.1) is 0 Å². The predicted octanol–water partition coefficient (Wildman–Crippen LogP) is 2.24. The van der Waals surface area contributed by atoms with Gasteiger partial charge in [0.1, 0.15) is 11.8 Å². The number of fused-ring (bicyclic) bond motifs is 3. The molecule has 3 N–H and O–H groups in total. The summed E-state index contributed by atoms with van der Waals surface area (Å²) in [4.78, 5) is 10.4. The van der Waals surface area contributed by atoms with Crippen molar-refractivity contribution in [1.29, 1.82) is 0 Å². The Morgan fingerprint density at radius 3 is 2.61 bits per heavy atom. The molecule has 2 aromatic carbocycles. The van der Waals surface area contributed by atoms with E-state index < -0.39 is 11.0 Å². The van der Waals surface area contributed by atoms with Crippen molar-refractivity contribution in [1.82, 2.24) is 0 Å². The molecule has 1 atom stereocenters. The van der Waals surface area contributed by atoms with Crippen LogP contribution in [0.3, 0.4) is 0 Å². The summed E-state index contributed by atoms with van der Waals surface area (Å²) in [6.07, 6.45) is -0.765. The van der Waals surface area contributed by atoms with E-state index in [1.54, 1.807) is 0 Å². The molecule has 18 heavy (non-hydrogen) atoms. The van der Waals surface area contributed by atoms with Crippen molar-refractivity contribution in [3.05, 3.63) is 57.6 Å². The average molecular weight is 242 g/mol. The van der Waals surface area contributed by atoms with Crippen LogP contribution >= 0.6 is 0 Å². The SMILES string of the molecule is Nc1cc2c(cc1[N+](=O)[O-])-c1ccccc1C2O. The molecule has 0 saturated carbocycles. The minimum Gasteiger partial charge on any atom is -0.393 e. The number of nitro groups is 1. The van der Waals surface area contributed by atoms with Crippen LogP contribution in [-0.2, 0) is 0 Å². The van der Waals surface area contributed by atoms with Crippen molar-refractivity contribution in [2.24, 2.45) is 0 Å². The third-order valence-electron chi connectivity index (χ3n) is 3.24. The number of nitrogens with zero attached hydrogens (tertiary/aromatic N) is 1. The first-order chi connectivity index (χ1) is 8.59. The van der Waals surface area contributed by atoms with E-state index in [1.807, 2.05) is 24.3 Å². The van der Waals surface area contributed by atoms with Crippen LogP contribution in [0.4, 0.5) is 11.4 Å². The van der Waals surface area contributed by atoms with Crippen molar-refractivity contribution >= 4 is 11.4 Å². The van der Waals surface area contributed by atoms with Gasteiger partial charge in [-0.3, -0.25) is 10.1 Å². The first-order valence-corrected chi connectivity index (χ1v) is 5.45. The van der Waals surface area contributed by atoms with Crippen molar-refractivity contribution in [2.75, 3.05) is 5.73 Å². The van der Waals surface area contributed by atoms with Gasteiger partial charge in [-0.1, -0.05) is 24.3 Å². The van der Waals surface area contributed by atoms with Crippen molar-refractivity contribution in [2.45, 2.75) is 6.10 Å². The van der Waals surface area contributed by atoms with E-state index >= 15 is 0 Å². The molecule has 0 bridgehead atoms. The summed E-state index contributed by atoms with van der Waals surface area (Å²) in [5.41, 5.74) is 8.47. The molecule has 5 nitrogen and oxygen atoms in total. The zero-order valence-corrected chi connectivity index (χ0v) is 9.33. The number of benzene rings is 2. The van der Waals surface area contributed by atoms with Crippen LogP contribution in [0.1, 0.15) is 17.2 Å². The first-order valence-electron chi connectivity index (χ1n) is 5.45. The van der Waals surface area contributed by atoms with E-state index in [0.717, 1.165) is 11.1 Å². The molecule has 0 aromatic heterocycles. The Bertz CT molecular complexity index is 667. The van der Waals surface area contributed by atoms with Gasteiger partial charge in [-0.05, 0) is 28.3 Å². The fraction of sp³-hybridized carbons (Fsp3) is 0.0769. The van der Waals surface area contributed by atoms with Gasteiger partial charge in [0.2, 0.25) is 0 Å². The summed E-state index contributed by atoms with van der Waals surface area (Å²) in [6.45, 7) is 0. The molecule has 5 heteroatoms. The number of anilines is 1. The summed E-state index contributed by atoms with van der Waals surface area (Å²) < 4.78 is 0. The summed E-state index contributed by atoms with van der Waals surface area (Å²) >= 11 is 0. The smallest absolute Gasteiger partial charge is 0.292 e. The number of nitrogen functional groups attached to an aromatic ring is 1. The number of hydrogen-bond donors (Lipinski definition) is 2. The van der Waals surface area contributed by atoms with Gasteiger partial charge in [0, 0.05) is 6.07 Å². The molecule has 0 amide bonds. The molecule has 0 heterocycles. The zero-order valence-electron chi connectivity index (χ0n) is 9.33. The lowest BCUT2D eigenvalue weighted by atomic mass is 10.0. The van der Waals surface area contributed by atoms with Crippen LogP contribution in [0.15, 0.2) is 36.4 Å². The molecule has 0 saturated heterocycles. The van der Waals surface area contributed by atoms with Gasteiger partial charge >= 0.3 is 0 Å². The Hall–Kier alpha value is -2.40. The van der Waals surface area contributed by atoms with Crippen LogP contribution in [-0.4, -0.2) is 10.0 Å². The topological polar surface area (TPSA) is 89.4 Å². The van der Waals surface area contributed by atoms with Gasteiger partial charge in [-0.2, -0.15) is 0 Å². The highest BCUT2D eigenvalue weighted by atomic mass is 16.6. The fourth-order valence-corrected chi connectivity index (χ4v) is 2.39. The van der Waals surface area contributed by atoms with Crippen LogP contribution in [0.5, 0.6) is 0 Å². The Labute approximate surface area is 103 Å². The molecule has 90 valence electrons. The van der Waals surface area contributed by atoms with E-state index in [9.17, 15) is 15.2 Å². The van der Waals surface area contributed by atoms with Crippen LogP contribution in [0.25, 0.3) is 11.1 Å². The number of rotatable bonds is 1. The van der Waals surface area contributed by atoms with Crippen molar-refractivity contribution in [3.63, 3.8) is 0 Å². The Morgan fingerprint density at radius 2 is 1.89 bits per heavy atom. The monoisotopic (exact) mass is 242 g/mol. The first kappa shape index (κ1) is 10.7. The minimum absolute atomic E-state index is 0.0746. The second-order valence-corrected chi connectivity index (χ2v) is 4.25. The quantitative estimate of drug-likeness (QED) is 0.456. The molecule has 1 aliphatic rings. The largest absolute Gasteiger partial charge is 0.393 e. The number of nitro benzene ring substituents is 1. The highest BCUT2D eigenvalue weighted by molar-refractivity contribution is 5.83. The Morgan fingerprint density at radius 1 is 1.17 bits per heavy atom. The number of aliphatic hydroxyl groups excluding tert-OH is 1. The third-order valence-corrected chi connectivity index (χ3v) is 3.24. The van der Waals surface area contributed by atoms with E-state index in [1.165, 1.54) is 12.1 Å². The van der Waals surface area contributed by atoms with Crippen molar-refractivity contribution < 1.29 is 10.0 Å². The molecule has 2 aromatic rings. The van der Waals surface area contributed by atoms with E-state index in [0.29, 0.717) is 11.1 Å². The number of aliphatic hydroxyl groups is 1. The van der Waals surface area contributed by atoms with Gasteiger partial charge in [-0.25, -0.2) is 0 Å². The van der Waals surface area contributed by atoms with Gasteiger partial charge in [0.25, 0.3) is 5.69 Å². The van der Waals surface area contributed by atoms with Gasteiger partial charge in [0.15, 0.2) is 0 Å². The summed E-state index contributed by atoms with van der Waals surface area (Å²) in [7, 11) is 0. The lowest BCUT2D eigenvalue weighted by Gasteiger charge is -2.06. The zero-order chi connectivity index (χ0) is 12.9. The highest BCUT2D eigenvalue weighted by Gasteiger charge is 2.29. The molecule has 1 unspecified atom stereocenters. The van der Waals surface area contributed by atoms with Crippen molar-refractivity contribution in [3.8, 4) is 11.1 Å². The minimum atomic E-state index is -0.765. The average Bonchev–Trinajstić information content (AvgIpc) is 2.62. The molecule has 0 fully saturated rings. The van der Waals surface area contributed by atoms with E-state index in [2.05, 4.69) is 0 Å². The van der Waals surface area contributed by atoms with E-state index in [-0.39, 0.29) is 11.4 Å². The van der Waals surface area contributed by atoms with Crippen LogP contribution < -0.4 is 5.73 Å². The molecular weight excluding hydrogens is 232 g/mol.